The molecule has 0 aromatic heterocycles. The Morgan fingerprint density at radius 1 is 1.23 bits per heavy atom. The second-order valence-electron chi connectivity index (χ2n) is 2.86. The van der Waals surface area contributed by atoms with Gasteiger partial charge in [0.05, 0.1) is 0 Å². The zero-order valence-corrected chi connectivity index (χ0v) is 7.07. The molecular formula is C10H7NO2. The van der Waals surface area contributed by atoms with Crippen LogP contribution in [0.2, 0.25) is 0 Å². The standard InChI is InChI=1S/C10H7NO2/c1-11-9(6-12)7-4-2-3-5-8(7)10(11)13/h2-5H,1H3. The molecule has 13 heavy (non-hydrogen) atoms. The van der Waals surface area contributed by atoms with E-state index in [2.05, 4.69) is 0 Å². The number of carbonyl (C=O) groups excluding carboxylic acids is 2. The summed E-state index contributed by atoms with van der Waals surface area (Å²) in [6.07, 6.45) is 0. The Morgan fingerprint density at radius 3 is 2.46 bits per heavy atom. The highest BCUT2D eigenvalue weighted by atomic mass is 16.2. The van der Waals surface area contributed by atoms with Crippen molar-refractivity contribution in [2.45, 2.75) is 0 Å². The van der Waals surface area contributed by atoms with E-state index in [-0.39, 0.29) is 5.91 Å². The molecule has 3 nitrogen and oxygen atoms in total. The molecule has 0 bridgehead atoms. The third-order valence-electron chi connectivity index (χ3n) is 2.15. The molecule has 64 valence electrons. The van der Waals surface area contributed by atoms with E-state index in [4.69, 9.17) is 0 Å². The van der Waals surface area contributed by atoms with Gasteiger partial charge in [-0.05, 0) is 6.07 Å². The van der Waals surface area contributed by atoms with E-state index < -0.39 is 0 Å². The Labute approximate surface area is 75.3 Å². The summed E-state index contributed by atoms with van der Waals surface area (Å²) in [7, 11) is 1.57. The molecule has 0 radical (unpaired) electrons. The van der Waals surface area contributed by atoms with Crippen molar-refractivity contribution in [3.63, 3.8) is 0 Å². The first-order valence-electron chi connectivity index (χ1n) is 3.88. The first-order chi connectivity index (χ1) is 6.25. The number of hydrogen-bond acceptors (Lipinski definition) is 2. The van der Waals surface area contributed by atoms with Gasteiger partial charge in [0.15, 0.2) is 5.94 Å². The van der Waals surface area contributed by atoms with E-state index in [1.54, 1.807) is 37.3 Å². The summed E-state index contributed by atoms with van der Waals surface area (Å²) in [5.74, 6) is 1.63. The number of amides is 1. The number of rotatable bonds is 0. The topological polar surface area (TPSA) is 37.4 Å². The van der Waals surface area contributed by atoms with Crippen LogP contribution in [-0.2, 0) is 4.79 Å². The fourth-order valence-corrected chi connectivity index (χ4v) is 1.46. The van der Waals surface area contributed by atoms with Gasteiger partial charge in [-0.3, -0.25) is 4.79 Å². The lowest BCUT2D eigenvalue weighted by atomic mass is 10.1. The van der Waals surface area contributed by atoms with Crippen molar-refractivity contribution in [1.29, 1.82) is 0 Å². The van der Waals surface area contributed by atoms with Crippen LogP contribution in [0.5, 0.6) is 0 Å². The molecule has 0 N–H and O–H groups in total. The molecule has 1 aromatic carbocycles. The summed E-state index contributed by atoms with van der Waals surface area (Å²) in [4.78, 5) is 23.4. The SMILES string of the molecule is CN1C(=O)c2ccccc2C1=C=O. The molecule has 1 aliphatic heterocycles. The first-order valence-corrected chi connectivity index (χ1v) is 3.88. The predicted molar refractivity (Wildman–Crippen MR) is 47.6 cm³/mol. The molecule has 0 aliphatic carbocycles. The van der Waals surface area contributed by atoms with E-state index in [9.17, 15) is 9.59 Å². The number of nitrogens with zero attached hydrogens (tertiary/aromatic N) is 1. The van der Waals surface area contributed by atoms with Gasteiger partial charge in [0, 0.05) is 18.2 Å². The largest absolute Gasteiger partial charge is 0.301 e. The van der Waals surface area contributed by atoms with Crippen molar-refractivity contribution < 1.29 is 9.59 Å². The quantitative estimate of drug-likeness (QED) is 0.547. The maximum Gasteiger partial charge on any atom is 0.259 e. The van der Waals surface area contributed by atoms with Crippen LogP contribution < -0.4 is 0 Å². The van der Waals surface area contributed by atoms with Gasteiger partial charge >= 0.3 is 0 Å². The van der Waals surface area contributed by atoms with Crippen LogP contribution in [0.4, 0.5) is 0 Å². The lowest BCUT2D eigenvalue weighted by Gasteiger charge is -2.05. The van der Waals surface area contributed by atoms with Gasteiger partial charge in [0.25, 0.3) is 5.91 Å². The van der Waals surface area contributed by atoms with Crippen LogP contribution in [0.25, 0.3) is 5.70 Å². The number of hydrogen-bond donors (Lipinski definition) is 0. The highest BCUT2D eigenvalue weighted by molar-refractivity contribution is 6.13. The first kappa shape index (κ1) is 7.77. The molecule has 1 aliphatic rings. The van der Waals surface area contributed by atoms with Crippen LogP contribution in [0.3, 0.4) is 0 Å². The van der Waals surface area contributed by atoms with Gasteiger partial charge in [0.1, 0.15) is 5.70 Å². The fraction of sp³-hybridized carbons (Fsp3) is 0.100. The molecule has 0 unspecified atom stereocenters. The third kappa shape index (κ3) is 0.912. The second-order valence-corrected chi connectivity index (χ2v) is 2.86. The number of benzene rings is 1. The highest BCUT2D eigenvalue weighted by Crippen LogP contribution is 2.28. The van der Waals surface area contributed by atoms with Gasteiger partial charge < -0.3 is 4.90 Å². The average Bonchev–Trinajstić information content (AvgIpc) is 2.41. The Hall–Kier alpha value is -1.86. The van der Waals surface area contributed by atoms with Crippen molar-refractivity contribution in [2.24, 2.45) is 0 Å². The molecular weight excluding hydrogens is 166 g/mol. The molecule has 0 saturated carbocycles. The summed E-state index contributed by atoms with van der Waals surface area (Å²) < 4.78 is 0. The van der Waals surface area contributed by atoms with E-state index in [0.29, 0.717) is 16.8 Å². The van der Waals surface area contributed by atoms with Crippen molar-refractivity contribution in [1.82, 2.24) is 4.90 Å². The van der Waals surface area contributed by atoms with Crippen molar-refractivity contribution in [2.75, 3.05) is 7.05 Å². The smallest absolute Gasteiger partial charge is 0.259 e. The molecule has 0 spiro atoms. The molecule has 0 atom stereocenters. The lowest BCUT2D eigenvalue weighted by Crippen LogP contribution is -2.17. The maximum absolute atomic E-state index is 11.5. The molecule has 0 saturated heterocycles. The molecule has 3 heteroatoms. The van der Waals surface area contributed by atoms with Gasteiger partial charge in [-0.1, -0.05) is 18.2 Å². The van der Waals surface area contributed by atoms with Gasteiger partial charge in [0.2, 0.25) is 0 Å². The Balaban J connectivity index is 2.74. The van der Waals surface area contributed by atoms with Crippen molar-refractivity contribution >= 4 is 17.5 Å². The zero-order chi connectivity index (χ0) is 9.42. The van der Waals surface area contributed by atoms with Gasteiger partial charge in [-0.15, -0.1) is 0 Å². The van der Waals surface area contributed by atoms with Crippen molar-refractivity contribution in [3.05, 3.63) is 35.4 Å². The van der Waals surface area contributed by atoms with E-state index >= 15 is 0 Å². The maximum atomic E-state index is 11.5. The Bertz CT molecular complexity index is 430. The van der Waals surface area contributed by atoms with Crippen LogP contribution in [0.1, 0.15) is 15.9 Å². The second kappa shape index (κ2) is 2.57. The van der Waals surface area contributed by atoms with Gasteiger partial charge in [-0.2, -0.15) is 0 Å². The summed E-state index contributed by atoms with van der Waals surface area (Å²) in [6.45, 7) is 0. The highest BCUT2D eigenvalue weighted by Gasteiger charge is 2.29. The Morgan fingerprint density at radius 2 is 1.85 bits per heavy atom. The minimum Gasteiger partial charge on any atom is -0.301 e. The normalized spacial score (nSPS) is 14.4. The summed E-state index contributed by atoms with van der Waals surface area (Å²) in [5.41, 5.74) is 1.56. The number of carbonyl (C=O) groups is 1. The Kier molecular flexibility index (Phi) is 1.54. The lowest BCUT2D eigenvalue weighted by molar-refractivity contribution is 0.0875. The summed E-state index contributed by atoms with van der Waals surface area (Å²) in [5, 5.41) is 0. The molecule has 1 heterocycles. The van der Waals surface area contributed by atoms with Crippen LogP contribution >= 0.6 is 0 Å². The summed E-state index contributed by atoms with van der Waals surface area (Å²) >= 11 is 0. The van der Waals surface area contributed by atoms with Crippen LogP contribution in [-0.4, -0.2) is 23.8 Å². The minimum absolute atomic E-state index is 0.144. The number of fused-ring (bicyclic) bond motifs is 1. The molecule has 1 amide bonds. The van der Waals surface area contributed by atoms with Gasteiger partial charge in [-0.25, -0.2) is 4.79 Å². The van der Waals surface area contributed by atoms with E-state index in [1.807, 2.05) is 0 Å². The molecule has 1 aromatic rings. The van der Waals surface area contributed by atoms with Crippen LogP contribution in [0, 0.1) is 0 Å². The monoisotopic (exact) mass is 173 g/mol. The minimum atomic E-state index is -0.144. The van der Waals surface area contributed by atoms with E-state index in [1.165, 1.54) is 4.90 Å². The third-order valence-corrected chi connectivity index (χ3v) is 2.15. The van der Waals surface area contributed by atoms with E-state index in [0.717, 1.165) is 0 Å². The van der Waals surface area contributed by atoms with Crippen LogP contribution in [0.15, 0.2) is 24.3 Å². The molecule has 2 rings (SSSR count). The van der Waals surface area contributed by atoms with Crippen molar-refractivity contribution in [3.8, 4) is 0 Å². The molecule has 0 fully saturated rings. The zero-order valence-electron chi connectivity index (χ0n) is 7.07. The summed E-state index contributed by atoms with van der Waals surface area (Å²) in [6, 6.07) is 7.02. The fourth-order valence-electron chi connectivity index (χ4n) is 1.46. The average molecular weight is 173 g/mol. The predicted octanol–water partition coefficient (Wildman–Crippen LogP) is 0.945.